The molecule has 2 N–H and O–H groups in total. The Bertz CT molecular complexity index is 539. The highest BCUT2D eigenvalue weighted by atomic mass is 35.5. The lowest BCUT2D eigenvalue weighted by molar-refractivity contribution is -0.138. The molecule has 2 rings (SSSR count). The van der Waals surface area contributed by atoms with Gasteiger partial charge in [0.2, 0.25) is 0 Å². The van der Waals surface area contributed by atoms with Crippen molar-refractivity contribution >= 4 is 12.4 Å². The summed E-state index contributed by atoms with van der Waals surface area (Å²) in [5.74, 6) is 0. The second-order valence-electron chi connectivity index (χ2n) is 3.78. The molecular formula is C11H12ClF3N4. The first kappa shape index (κ1) is 15.5. The van der Waals surface area contributed by atoms with Gasteiger partial charge in [-0.3, -0.25) is 9.67 Å². The van der Waals surface area contributed by atoms with E-state index in [4.69, 9.17) is 5.73 Å². The zero-order valence-corrected chi connectivity index (χ0v) is 10.6. The quantitative estimate of drug-likeness (QED) is 0.944. The first-order valence-electron chi connectivity index (χ1n) is 5.22. The Morgan fingerprint density at radius 3 is 2.58 bits per heavy atom. The van der Waals surface area contributed by atoms with Crippen LogP contribution in [0.15, 0.2) is 30.9 Å². The molecule has 0 atom stereocenters. The zero-order valence-electron chi connectivity index (χ0n) is 9.76. The molecule has 0 aromatic carbocycles. The lowest BCUT2D eigenvalue weighted by Crippen LogP contribution is -2.12. The first-order chi connectivity index (χ1) is 8.50. The number of hydrogen-bond donors (Lipinski definition) is 1. The van der Waals surface area contributed by atoms with E-state index in [1.807, 2.05) is 0 Å². The molecule has 2 aromatic heterocycles. The van der Waals surface area contributed by atoms with Crippen LogP contribution in [-0.4, -0.2) is 14.8 Å². The van der Waals surface area contributed by atoms with Gasteiger partial charge >= 0.3 is 6.18 Å². The molecule has 4 nitrogen and oxygen atoms in total. The fraction of sp³-hybridized carbons (Fsp3) is 0.273. The molecule has 0 saturated heterocycles. The van der Waals surface area contributed by atoms with Crippen LogP contribution in [0.4, 0.5) is 13.2 Å². The molecule has 104 valence electrons. The number of nitrogens with two attached hydrogens (primary N) is 1. The van der Waals surface area contributed by atoms with Crippen LogP contribution in [0.25, 0.3) is 0 Å². The molecule has 0 amide bonds. The highest BCUT2D eigenvalue weighted by Gasteiger charge is 2.33. The van der Waals surface area contributed by atoms with Crippen molar-refractivity contribution in [2.75, 3.05) is 0 Å². The monoisotopic (exact) mass is 292 g/mol. The number of rotatable bonds is 3. The Balaban J connectivity index is 0.00000180. The van der Waals surface area contributed by atoms with E-state index in [1.54, 1.807) is 6.20 Å². The summed E-state index contributed by atoms with van der Waals surface area (Å²) in [4.78, 5) is 3.51. The maximum atomic E-state index is 12.7. The zero-order chi connectivity index (χ0) is 13.2. The number of alkyl halides is 3. The highest BCUT2D eigenvalue weighted by Crippen LogP contribution is 2.31. The van der Waals surface area contributed by atoms with Gasteiger partial charge in [-0.25, -0.2) is 0 Å². The minimum Gasteiger partial charge on any atom is -0.326 e. The molecule has 0 aliphatic carbocycles. The topological polar surface area (TPSA) is 56.7 Å². The van der Waals surface area contributed by atoms with Gasteiger partial charge in [-0.2, -0.15) is 18.3 Å². The van der Waals surface area contributed by atoms with Gasteiger partial charge in [0.25, 0.3) is 0 Å². The van der Waals surface area contributed by atoms with E-state index < -0.39 is 11.7 Å². The van der Waals surface area contributed by atoms with Crippen molar-refractivity contribution in [3.8, 4) is 0 Å². The van der Waals surface area contributed by atoms with Crippen molar-refractivity contribution in [1.29, 1.82) is 0 Å². The number of halogens is 4. The number of nitrogens with zero attached hydrogens (tertiary/aromatic N) is 3. The molecule has 0 unspecified atom stereocenters. The van der Waals surface area contributed by atoms with Crippen LogP contribution in [0.1, 0.15) is 16.7 Å². The minimum absolute atomic E-state index is 0. The molecule has 19 heavy (non-hydrogen) atoms. The summed E-state index contributed by atoms with van der Waals surface area (Å²) in [6.07, 6.45) is 0.906. The lowest BCUT2D eigenvalue weighted by atomic mass is 10.1. The van der Waals surface area contributed by atoms with Crippen LogP contribution >= 0.6 is 12.4 Å². The van der Waals surface area contributed by atoms with Crippen molar-refractivity contribution in [1.82, 2.24) is 14.8 Å². The molecule has 0 aliphatic rings. The maximum absolute atomic E-state index is 12.7. The highest BCUT2D eigenvalue weighted by molar-refractivity contribution is 5.85. The van der Waals surface area contributed by atoms with Crippen LogP contribution in [0.3, 0.4) is 0 Å². The van der Waals surface area contributed by atoms with Gasteiger partial charge < -0.3 is 5.73 Å². The lowest BCUT2D eigenvalue weighted by Gasteiger charge is -2.11. The van der Waals surface area contributed by atoms with Gasteiger partial charge in [-0.05, 0) is 11.6 Å². The number of aromatic nitrogens is 3. The standard InChI is InChI=1S/C11H11F3N4.ClH/c12-11(13,14)10-5-16-2-1-9(10)7-18-6-8(3-15)4-17-18;/h1-2,4-6H,3,7,15H2;1H. The summed E-state index contributed by atoms with van der Waals surface area (Å²) in [6, 6.07) is 1.34. The van der Waals surface area contributed by atoms with Crippen LogP contribution in [0.5, 0.6) is 0 Å². The summed E-state index contributed by atoms with van der Waals surface area (Å²) in [6.45, 7) is 0.347. The van der Waals surface area contributed by atoms with Crippen molar-refractivity contribution in [2.45, 2.75) is 19.3 Å². The Labute approximate surface area is 113 Å². The van der Waals surface area contributed by atoms with Crippen molar-refractivity contribution < 1.29 is 13.2 Å². The summed E-state index contributed by atoms with van der Waals surface area (Å²) in [7, 11) is 0. The van der Waals surface area contributed by atoms with Crippen LogP contribution in [0, 0.1) is 0 Å². The molecule has 2 aromatic rings. The Kier molecular flexibility index (Phi) is 4.90. The maximum Gasteiger partial charge on any atom is 0.418 e. The molecule has 0 aliphatic heterocycles. The third kappa shape index (κ3) is 3.68. The van der Waals surface area contributed by atoms with Crippen LogP contribution in [-0.2, 0) is 19.3 Å². The normalized spacial score (nSPS) is 11.2. The summed E-state index contributed by atoms with van der Waals surface area (Å²) < 4.78 is 39.6. The summed E-state index contributed by atoms with van der Waals surface area (Å²) in [5, 5.41) is 3.95. The fourth-order valence-corrected chi connectivity index (χ4v) is 1.59. The second-order valence-corrected chi connectivity index (χ2v) is 3.78. The van der Waals surface area contributed by atoms with Gasteiger partial charge in [0, 0.05) is 30.7 Å². The number of pyridine rings is 1. The molecule has 0 radical (unpaired) electrons. The van der Waals surface area contributed by atoms with E-state index in [0.717, 1.165) is 11.8 Å². The average Bonchev–Trinajstić information content (AvgIpc) is 2.76. The Hall–Kier alpha value is -1.60. The smallest absolute Gasteiger partial charge is 0.326 e. The predicted molar refractivity (Wildman–Crippen MR) is 65.7 cm³/mol. The average molecular weight is 293 g/mol. The van der Waals surface area contributed by atoms with E-state index in [9.17, 15) is 13.2 Å². The van der Waals surface area contributed by atoms with E-state index in [-0.39, 0.29) is 24.5 Å². The van der Waals surface area contributed by atoms with Crippen molar-refractivity contribution in [2.24, 2.45) is 5.73 Å². The summed E-state index contributed by atoms with van der Waals surface area (Å²) in [5.41, 5.74) is 5.58. The third-order valence-electron chi connectivity index (χ3n) is 2.47. The molecule has 0 saturated carbocycles. The van der Waals surface area contributed by atoms with Crippen LogP contribution < -0.4 is 5.73 Å². The van der Waals surface area contributed by atoms with E-state index in [2.05, 4.69) is 10.1 Å². The van der Waals surface area contributed by atoms with E-state index in [0.29, 0.717) is 6.54 Å². The minimum atomic E-state index is -4.41. The van der Waals surface area contributed by atoms with E-state index >= 15 is 0 Å². The third-order valence-corrected chi connectivity index (χ3v) is 2.47. The molecule has 2 heterocycles. The second kappa shape index (κ2) is 6.03. The van der Waals surface area contributed by atoms with Gasteiger partial charge in [-0.1, -0.05) is 0 Å². The van der Waals surface area contributed by atoms with Crippen molar-refractivity contribution in [3.63, 3.8) is 0 Å². The van der Waals surface area contributed by atoms with Gasteiger partial charge in [-0.15, -0.1) is 12.4 Å². The predicted octanol–water partition coefficient (Wildman–Crippen LogP) is 2.23. The van der Waals surface area contributed by atoms with Crippen LogP contribution in [0.2, 0.25) is 0 Å². The first-order valence-corrected chi connectivity index (χ1v) is 5.22. The Morgan fingerprint density at radius 1 is 1.26 bits per heavy atom. The largest absolute Gasteiger partial charge is 0.418 e. The molecule has 0 fully saturated rings. The molecule has 0 bridgehead atoms. The SMILES string of the molecule is Cl.NCc1cnn(Cc2ccncc2C(F)(F)F)c1. The Morgan fingerprint density at radius 2 is 2.00 bits per heavy atom. The summed E-state index contributed by atoms with van der Waals surface area (Å²) >= 11 is 0. The van der Waals surface area contributed by atoms with Crippen molar-refractivity contribution in [3.05, 3.63) is 47.5 Å². The number of hydrogen-bond acceptors (Lipinski definition) is 3. The molecule has 8 heteroatoms. The molecule has 0 spiro atoms. The fourth-order valence-electron chi connectivity index (χ4n) is 1.59. The van der Waals surface area contributed by atoms with Gasteiger partial charge in [0.05, 0.1) is 18.3 Å². The molecular weight excluding hydrogens is 281 g/mol. The van der Waals surface area contributed by atoms with Gasteiger partial charge in [0.15, 0.2) is 0 Å². The van der Waals surface area contributed by atoms with E-state index in [1.165, 1.54) is 23.1 Å². The van der Waals surface area contributed by atoms with Gasteiger partial charge in [0.1, 0.15) is 0 Å².